The second-order valence-corrected chi connectivity index (χ2v) is 7.76. The molecular formula is C16H29N3O2. The molecular weight excluding hydrogens is 266 g/mol. The second kappa shape index (κ2) is 7.16. The van der Waals surface area contributed by atoms with E-state index in [0.717, 1.165) is 18.5 Å². The van der Waals surface area contributed by atoms with E-state index in [1.165, 1.54) is 0 Å². The highest BCUT2D eigenvalue weighted by molar-refractivity contribution is 5.84. The number of Topliss-reactive ketones (excluding diaryl/α,β-unsaturated/α-hetero) is 1. The van der Waals surface area contributed by atoms with Crippen LogP contribution in [0.2, 0.25) is 0 Å². The summed E-state index contributed by atoms with van der Waals surface area (Å²) in [6.07, 6.45) is 3.98. The van der Waals surface area contributed by atoms with E-state index in [4.69, 9.17) is 4.74 Å². The van der Waals surface area contributed by atoms with E-state index in [-0.39, 0.29) is 17.8 Å². The Balaban J connectivity index is 2.28. The summed E-state index contributed by atoms with van der Waals surface area (Å²) in [6, 6.07) is 0. The minimum absolute atomic E-state index is 0.118. The van der Waals surface area contributed by atoms with Gasteiger partial charge in [0.25, 0.3) is 0 Å². The molecule has 0 atom stereocenters. The van der Waals surface area contributed by atoms with Gasteiger partial charge in [-0.05, 0) is 18.3 Å². The molecule has 5 heteroatoms. The molecule has 0 amide bonds. The third kappa shape index (κ3) is 7.37. The number of rotatable bonds is 7. The smallest absolute Gasteiger partial charge is 0.163 e. The zero-order chi connectivity index (χ0) is 16.1. The average Bonchev–Trinajstić information content (AvgIpc) is 2.78. The predicted molar refractivity (Wildman–Crippen MR) is 83.1 cm³/mol. The molecule has 0 aromatic carbocycles. The summed E-state index contributed by atoms with van der Waals surface area (Å²) in [7, 11) is 0. The Bertz CT molecular complexity index is 453. The van der Waals surface area contributed by atoms with Crippen molar-refractivity contribution in [3.8, 4) is 0 Å². The first-order valence-electron chi connectivity index (χ1n) is 7.58. The molecule has 0 spiro atoms. The van der Waals surface area contributed by atoms with Gasteiger partial charge >= 0.3 is 0 Å². The van der Waals surface area contributed by atoms with Gasteiger partial charge in [0.2, 0.25) is 0 Å². The molecule has 0 fully saturated rings. The lowest BCUT2D eigenvalue weighted by molar-refractivity contribution is -0.131. The van der Waals surface area contributed by atoms with Gasteiger partial charge in [-0.2, -0.15) is 0 Å². The maximum atomic E-state index is 11.7. The summed E-state index contributed by atoms with van der Waals surface area (Å²) in [5.74, 6) is 0.118. The van der Waals surface area contributed by atoms with Crippen LogP contribution in [0.1, 0.15) is 53.7 Å². The Morgan fingerprint density at radius 1 is 1.24 bits per heavy atom. The SMILES string of the molecule is CC(C)(C)CCc1cn(CCOCC(=O)C(C)(C)C)nn1. The number of ketones is 1. The molecule has 0 N–H and O–H groups in total. The fourth-order valence-corrected chi connectivity index (χ4v) is 1.60. The molecule has 0 bridgehead atoms. The van der Waals surface area contributed by atoms with Crippen molar-refractivity contribution in [3.63, 3.8) is 0 Å². The normalized spacial score (nSPS) is 12.7. The third-order valence-corrected chi connectivity index (χ3v) is 3.25. The van der Waals surface area contributed by atoms with Gasteiger partial charge in [-0.1, -0.05) is 46.8 Å². The molecule has 0 aliphatic rings. The molecule has 21 heavy (non-hydrogen) atoms. The maximum absolute atomic E-state index is 11.7. The van der Waals surface area contributed by atoms with Gasteiger partial charge in [0.15, 0.2) is 5.78 Å². The Labute approximate surface area is 128 Å². The van der Waals surface area contributed by atoms with Crippen LogP contribution in [0.3, 0.4) is 0 Å². The number of ether oxygens (including phenoxy) is 1. The van der Waals surface area contributed by atoms with Crippen LogP contribution < -0.4 is 0 Å². The van der Waals surface area contributed by atoms with E-state index in [1.807, 2.05) is 27.0 Å². The molecule has 0 saturated heterocycles. The molecule has 0 aliphatic carbocycles. The highest BCUT2D eigenvalue weighted by Crippen LogP contribution is 2.20. The Kier molecular flexibility index (Phi) is 6.08. The van der Waals surface area contributed by atoms with Gasteiger partial charge in [0, 0.05) is 11.6 Å². The zero-order valence-corrected chi connectivity index (χ0v) is 14.3. The number of nitrogens with zero attached hydrogens (tertiary/aromatic N) is 3. The van der Waals surface area contributed by atoms with Crippen LogP contribution in [0, 0.1) is 10.8 Å². The summed E-state index contributed by atoms with van der Waals surface area (Å²) < 4.78 is 7.19. The number of aromatic nitrogens is 3. The van der Waals surface area contributed by atoms with E-state index < -0.39 is 0 Å². The molecule has 1 aromatic rings. The van der Waals surface area contributed by atoms with Crippen molar-refractivity contribution in [1.82, 2.24) is 15.0 Å². The van der Waals surface area contributed by atoms with E-state index in [0.29, 0.717) is 18.6 Å². The molecule has 5 nitrogen and oxygen atoms in total. The number of hydrogen-bond acceptors (Lipinski definition) is 4. The van der Waals surface area contributed by atoms with Crippen molar-refractivity contribution in [3.05, 3.63) is 11.9 Å². The van der Waals surface area contributed by atoms with Crippen molar-refractivity contribution in [1.29, 1.82) is 0 Å². The van der Waals surface area contributed by atoms with Crippen LogP contribution in [0.4, 0.5) is 0 Å². The van der Waals surface area contributed by atoms with Gasteiger partial charge in [-0.25, -0.2) is 4.68 Å². The lowest BCUT2D eigenvalue weighted by atomic mass is 9.90. The van der Waals surface area contributed by atoms with Gasteiger partial charge in [0.05, 0.1) is 18.8 Å². The third-order valence-electron chi connectivity index (χ3n) is 3.25. The second-order valence-electron chi connectivity index (χ2n) is 7.76. The summed E-state index contributed by atoms with van der Waals surface area (Å²) in [5.41, 5.74) is 0.976. The predicted octanol–water partition coefficient (Wildman–Crippen LogP) is 2.89. The Morgan fingerprint density at radius 3 is 2.48 bits per heavy atom. The number of hydrogen-bond donors (Lipinski definition) is 0. The number of carbonyl (C=O) groups is 1. The summed E-state index contributed by atoms with van der Waals surface area (Å²) in [5, 5.41) is 8.25. The van der Waals surface area contributed by atoms with E-state index in [2.05, 4.69) is 31.1 Å². The molecule has 1 heterocycles. The molecule has 0 unspecified atom stereocenters. The monoisotopic (exact) mass is 295 g/mol. The van der Waals surface area contributed by atoms with Crippen molar-refractivity contribution < 1.29 is 9.53 Å². The van der Waals surface area contributed by atoms with E-state index in [9.17, 15) is 4.79 Å². The van der Waals surface area contributed by atoms with E-state index in [1.54, 1.807) is 4.68 Å². The molecule has 0 aliphatic heterocycles. The first kappa shape index (κ1) is 17.8. The zero-order valence-electron chi connectivity index (χ0n) is 14.3. The minimum atomic E-state index is -0.340. The lowest BCUT2D eigenvalue weighted by Crippen LogP contribution is -2.25. The van der Waals surface area contributed by atoms with Gasteiger partial charge < -0.3 is 4.74 Å². The summed E-state index contributed by atoms with van der Waals surface area (Å²) >= 11 is 0. The first-order valence-corrected chi connectivity index (χ1v) is 7.58. The Hall–Kier alpha value is -1.23. The van der Waals surface area contributed by atoms with Crippen LogP contribution in [-0.2, 0) is 22.5 Å². The first-order chi connectivity index (χ1) is 9.58. The van der Waals surface area contributed by atoms with Crippen LogP contribution in [0.15, 0.2) is 6.20 Å². The van der Waals surface area contributed by atoms with Crippen LogP contribution >= 0.6 is 0 Å². The van der Waals surface area contributed by atoms with Gasteiger partial charge in [0.1, 0.15) is 6.61 Å². The largest absolute Gasteiger partial charge is 0.372 e. The molecule has 0 saturated carbocycles. The standard InChI is InChI=1S/C16H29N3O2/c1-15(2,3)8-7-13-11-19(18-17-13)9-10-21-12-14(20)16(4,5)6/h11H,7-10,12H2,1-6H3. The van der Waals surface area contributed by atoms with Crippen molar-refractivity contribution in [2.24, 2.45) is 10.8 Å². The van der Waals surface area contributed by atoms with Crippen molar-refractivity contribution >= 4 is 5.78 Å². The lowest BCUT2D eigenvalue weighted by Gasteiger charge is -2.16. The van der Waals surface area contributed by atoms with Crippen LogP contribution in [-0.4, -0.2) is 34.0 Å². The highest BCUT2D eigenvalue weighted by Gasteiger charge is 2.20. The van der Waals surface area contributed by atoms with Crippen LogP contribution in [0.5, 0.6) is 0 Å². The van der Waals surface area contributed by atoms with E-state index >= 15 is 0 Å². The summed E-state index contributed by atoms with van der Waals surface area (Å²) in [6.45, 7) is 13.6. The number of carbonyl (C=O) groups excluding carboxylic acids is 1. The Morgan fingerprint density at radius 2 is 1.90 bits per heavy atom. The van der Waals surface area contributed by atoms with Crippen molar-refractivity contribution in [2.45, 2.75) is 60.9 Å². The number of aryl methyl sites for hydroxylation is 1. The fourth-order valence-electron chi connectivity index (χ4n) is 1.60. The topological polar surface area (TPSA) is 57.0 Å². The highest BCUT2D eigenvalue weighted by atomic mass is 16.5. The quantitative estimate of drug-likeness (QED) is 0.726. The average molecular weight is 295 g/mol. The van der Waals surface area contributed by atoms with Gasteiger partial charge in [-0.15, -0.1) is 5.10 Å². The molecule has 1 rings (SSSR count). The fraction of sp³-hybridized carbons (Fsp3) is 0.812. The van der Waals surface area contributed by atoms with Crippen LogP contribution in [0.25, 0.3) is 0 Å². The maximum Gasteiger partial charge on any atom is 0.163 e. The minimum Gasteiger partial charge on any atom is -0.372 e. The molecule has 120 valence electrons. The molecule has 1 aromatic heterocycles. The summed E-state index contributed by atoms with van der Waals surface area (Å²) in [4.78, 5) is 11.7. The molecule has 0 radical (unpaired) electrons. The van der Waals surface area contributed by atoms with Crippen molar-refractivity contribution in [2.75, 3.05) is 13.2 Å². The van der Waals surface area contributed by atoms with Gasteiger partial charge in [-0.3, -0.25) is 4.79 Å².